The number of nitrogens with one attached hydrogen (secondary N) is 1. The Morgan fingerprint density at radius 3 is 2.79 bits per heavy atom. The van der Waals surface area contributed by atoms with Gasteiger partial charge < -0.3 is 16.2 Å². The summed E-state index contributed by atoms with van der Waals surface area (Å²) in [6.07, 6.45) is 0. The minimum Gasteiger partial charge on any atom is -0.392 e. The number of anilines is 1. The molecule has 0 unspecified atom stereocenters. The van der Waals surface area contributed by atoms with Gasteiger partial charge >= 0.3 is 0 Å². The van der Waals surface area contributed by atoms with Crippen LogP contribution in [0.2, 0.25) is 0 Å². The maximum Gasteiger partial charge on any atom is 0.238 e. The van der Waals surface area contributed by atoms with E-state index in [1.54, 1.807) is 12.1 Å². The van der Waals surface area contributed by atoms with Gasteiger partial charge in [-0.05, 0) is 24.1 Å². The van der Waals surface area contributed by atoms with Crippen molar-refractivity contribution in [1.29, 1.82) is 0 Å². The number of hydrogen-bond donors (Lipinski definition) is 3. The molecule has 0 aromatic heterocycles. The van der Waals surface area contributed by atoms with Crippen molar-refractivity contribution in [3.8, 4) is 0 Å². The van der Waals surface area contributed by atoms with Crippen molar-refractivity contribution in [1.82, 2.24) is 0 Å². The third-order valence-corrected chi connectivity index (χ3v) is 1.93. The van der Waals surface area contributed by atoms with Gasteiger partial charge in [-0.15, -0.1) is 0 Å². The quantitative estimate of drug-likeness (QED) is 0.651. The number of aliphatic hydroxyl groups excluding tert-OH is 1. The zero-order chi connectivity index (χ0) is 10.6. The van der Waals surface area contributed by atoms with Crippen molar-refractivity contribution >= 4 is 11.6 Å². The average Bonchev–Trinajstić information content (AvgIpc) is 2.20. The molecule has 0 aliphatic heterocycles. The van der Waals surface area contributed by atoms with Crippen LogP contribution in [0.5, 0.6) is 0 Å². The largest absolute Gasteiger partial charge is 0.392 e. The molecule has 4 N–H and O–H groups in total. The van der Waals surface area contributed by atoms with Crippen molar-refractivity contribution in [3.05, 3.63) is 29.3 Å². The normalized spacial score (nSPS) is 9.93. The number of rotatable bonds is 3. The molecular formula is C10H14N2O2. The molecule has 14 heavy (non-hydrogen) atoms. The van der Waals surface area contributed by atoms with E-state index in [2.05, 4.69) is 5.32 Å². The summed E-state index contributed by atoms with van der Waals surface area (Å²) in [5.74, 6) is -0.218. The highest BCUT2D eigenvalue weighted by Crippen LogP contribution is 2.16. The maximum absolute atomic E-state index is 11.0. The van der Waals surface area contributed by atoms with E-state index in [1.165, 1.54) is 0 Å². The van der Waals surface area contributed by atoms with Crippen molar-refractivity contribution in [2.45, 2.75) is 13.5 Å². The third-order valence-electron chi connectivity index (χ3n) is 1.93. The molecule has 0 aliphatic carbocycles. The molecule has 0 spiro atoms. The van der Waals surface area contributed by atoms with Gasteiger partial charge in [0.1, 0.15) is 0 Å². The van der Waals surface area contributed by atoms with E-state index in [0.717, 1.165) is 16.8 Å². The minimum atomic E-state index is -0.218. The molecule has 1 aromatic rings. The summed E-state index contributed by atoms with van der Waals surface area (Å²) >= 11 is 0. The second-order valence-corrected chi connectivity index (χ2v) is 3.06. The monoisotopic (exact) mass is 194 g/mol. The molecule has 0 atom stereocenters. The van der Waals surface area contributed by atoms with E-state index in [9.17, 15) is 4.79 Å². The summed E-state index contributed by atoms with van der Waals surface area (Å²) in [5, 5.41) is 11.5. The molecule has 1 amide bonds. The van der Waals surface area contributed by atoms with E-state index in [4.69, 9.17) is 10.8 Å². The van der Waals surface area contributed by atoms with E-state index >= 15 is 0 Å². The molecule has 0 saturated carbocycles. The van der Waals surface area contributed by atoms with E-state index in [0.29, 0.717) is 0 Å². The molecule has 0 aliphatic rings. The number of aliphatic hydroxyl groups is 1. The Labute approximate surface area is 82.7 Å². The first-order valence-electron chi connectivity index (χ1n) is 4.37. The zero-order valence-electron chi connectivity index (χ0n) is 8.08. The van der Waals surface area contributed by atoms with Gasteiger partial charge in [0.15, 0.2) is 0 Å². The van der Waals surface area contributed by atoms with E-state index in [-0.39, 0.29) is 19.1 Å². The molecule has 4 heteroatoms. The number of hydrogen-bond acceptors (Lipinski definition) is 3. The number of amides is 1. The fourth-order valence-corrected chi connectivity index (χ4v) is 1.17. The Balaban J connectivity index is 2.83. The van der Waals surface area contributed by atoms with Crippen molar-refractivity contribution < 1.29 is 9.90 Å². The van der Waals surface area contributed by atoms with Crippen LogP contribution in [-0.2, 0) is 11.4 Å². The average molecular weight is 194 g/mol. The Morgan fingerprint density at radius 1 is 1.57 bits per heavy atom. The lowest BCUT2D eigenvalue weighted by Gasteiger charge is -2.08. The Morgan fingerprint density at radius 2 is 2.29 bits per heavy atom. The van der Waals surface area contributed by atoms with Gasteiger partial charge in [0.2, 0.25) is 5.91 Å². The first-order chi connectivity index (χ1) is 6.67. The molecule has 0 bridgehead atoms. The summed E-state index contributed by atoms with van der Waals surface area (Å²) in [6.45, 7) is 1.85. The van der Waals surface area contributed by atoms with Gasteiger partial charge in [0, 0.05) is 5.69 Å². The Hall–Kier alpha value is -1.39. The summed E-state index contributed by atoms with van der Waals surface area (Å²) < 4.78 is 0. The summed E-state index contributed by atoms with van der Waals surface area (Å²) in [6, 6.07) is 5.35. The smallest absolute Gasteiger partial charge is 0.238 e. The van der Waals surface area contributed by atoms with Crippen LogP contribution in [0.1, 0.15) is 11.1 Å². The first-order valence-corrected chi connectivity index (χ1v) is 4.37. The summed E-state index contributed by atoms with van der Waals surface area (Å²) in [5.41, 5.74) is 7.65. The van der Waals surface area contributed by atoms with Crippen LogP contribution in [-0.4, -0.2) is 17.6 Å². The van der Waals surface area contributed by atoms with Gasteiger partial charge in [0.05, 0.1) is 13.2 Å². The van der Waals surface area contributed by atoms with E-state index < -0.39 is 0 Å². The van der Waals surface area contributed by atoms with Crippen molar-refractivity contribution in [2.75, 3.05) is 11.9 Å². The number of aryl methyl sites for hydroxylation is 1. The van der Waals surface area contributed by atoms with E-state index in [1.807, 2.05) is 13.0 Å². The standard InChI is InChI=1S/C10H14N2O2/c1-7-4-8(6-13)2-3-9(7)12-10(14)5-11/h2-4,13H,5-6,11H2,1H3,(H,12,14). The molecular weight excluding hydrogens is 180 g/mol. The summed E-state index contributed by atoms with van der Waals surface area (Å²) in [7, 11) is 0. The van der Waals surface area contributed by atoms with Crippen molar-refractivity contribution in [3.63, 3.8) is 0 Å². The lowest BCUT2D eigenvalue weighted by molar-refractivity contribution is -0.114. The number of carbonyl (C=O) groups excluding carboxylic acids is 1. The van der Waals surface area contributed by atoms with Gasteiger partial charge in [0.25, 0.3) is 0 Å². The molecule has 0 fully saturated rings. The first kappa shape index (κ1) is 10.7. The van der Waals surface area contributed by atoms with Crippen LogP contribution in [0.15, 0.2) is 18.2 Å². The molecule has 76 valence electrons. The highest BCUT2D eigenvalue weighted by Gasteiger charge is 2.02. The lowest BCUT2D eigenvalue weighted by Crippen LogP contribution is -2.22. The van der Waals surface area contributed by atoms with Crippen LogP contribution in [0, 0.1) is 6.92 Å². The second kappa shape index (κ2) is 4.74. The fourth-order valence-electron chi connectivity index (χ4n) is 1.17. The summed E-state index contributed by atoms with van der Waals surface area (Å²) in [4.78, 5) is 11.0. The minimum absolute atomic E-state index is 0.00591. The molecule has 1 rings (SSSR count). The molecule has 4 nitrogen and oxygen atoms in total. The number of nitrogens with two attached hydrogens (primary N) is 1. The lowest BCUT2D eigenvalue weighted by atomic mass is 10.1. The maximum atomic E-state index is 11.0. The topological polar surface area (TPSA) is 75.3 Å². The highest BCUT2D eigenvalue weighted by molar-refractivity contribution is 5.92. The Bertz CT molecular complexity index is 337. The predicted molar refractivity (Wildman–Crippen MR) is 54.8 cm³/mol. The molecule has 0 heterocycles. The predicted octanol–water partition coefficient (Wildman–Crippen LogP) is 0.385. The SMILES string of the molecule is Cc1cc(CO)ccc1NC(=O)CN. The Kier molecular flexibility index (Phi) is 3.62. The molecule has 0 saturated heterocycles. The number of carbonyl (C=O) groups is 1. The molecule has 1 aromatic carbocycles. The second-order valence-electron chi connectivity index (χ2n) is 3.06. The van der Waals surface area contributed by atoms with Gasteiger partial charge in [-0.1, -0.05) is 12.1 Å². The number of benzene rings is 1. The van der Waals surface area contributed by atoms with Gasteiger partial charge in [-0.25, -0.2) is 0 Å². The van der Waals surface area contributed by atoms with Crippen LogP contribution in [0.25, 0.3) is 0 Å². The van der Waals surface area contributed by atoms with Crippen LogP contribution in [0.3, 0.4) is 0 Å². The van der Waals surface area contributed by atoms with Crippen molar-refractivity contribution in [2.24, 2.45) is 5.73 Å². The van der Waals surface area contributed by atoms with Gasteiger partial charge in [-0.3, -0.25) is 4.79 Å². The van der Waals surface area contributed by atoms with Crippen LogP contribution in [0.4, 0.5) is 5.69 Å². The molecule has 0 radical (unpaired) electrons. The third kappa shape index (κ3) is 2.55. The van der Waals surface area contributed by atoms with Crippen LogP contribution >= 0.6 is 0 Å². The highest BCUT2D eigenvalue weighted by atomic mass is 16.3. The zero-order valence-corrected chi connectivity index (χ0v) is 8.08. The van der Waals surface area contributed by atoms with Crippen LogP contribution < -0.4 is 11.1 Å². The fraction of sp³-hybridized carbons (Fsp3) is 0.300. The van der Waals surface area contributed by atoms with Gasteiger partial charge in [-0.2, -0.15) is 0 Å².